The van der Waals surface area contributed by atoms with E-state index in [1.54, 1.807) is 25.1 Å². The summed E-state index contributed by atoms with van der Waals surface area (Å²) in [6, 6.07) is 6.26. The molecule has 1 aromatic carbocycles. The molecule has 0 saturated heterocycles. The fourth-order valence-electron chi connectivity index (χ4n) is 1.29. The van der Waals surface area contributed by atoms with Gasteiger partial charge in [0.05, 0.1) is 6.61 Å². The first kappa shape index (κ1) is 12.4. The smallest absolute Gasteiger partial charge is 0.244 e. The Balaban J connectivity index is 2.77. The quantitative estimate of drug-likeness (QED) is 0.757. The van der Waals surface area contributed by atoms with Gasteiger partial charge in [0, 0.05) is 18.2 Å². The van der Waals surface area contributed by atoms with Crippen molar-refractivity contribution >= 4 is 11.5 Å². The van der Waals surface area contributed by atoms with Gasteiger partial charge in [0.1, 0.15) is 5.82 Å². The number of amides is 1. The molecule has 0 aliphatic heterocycles. The number of carbonyl (C=O) groups excluding carboxylic acids is 1. The molecule has 86 valence electrons. The van der Waals surface area contributed by atoms with Gasteiger partial charge >= 0.3 is 0 Å². The molecule has 1 amide bonds. The number of rotatable bonds is 4. The van der Waals surface area contributed by atoms with Crippen molar-refractivity contribution < 1.29 is 14.3 Å². The second-order valence-electron chi connectivity index (χ2n) is 3.32. The Kier molecular flexibility index (Phi) is 4.66. The molecule has 2 N–H and O–H groups in total. The van der Waals surface area contributed by atoms with Crippen LogP contribution in [0, 0.1) is 5.82 Å². The molecule has 0 heterocycles. The van der Waals surface area contributed by atoms with Crippen LogP contribution in [0.15, 0.2) is 30.3 Å². The van der Waals surface area contributed by atoms with E-state index in [1.165, 1.54) is 12.1 Å². The minimum atomic E-state index is -0.355. The molecule has 0 spiro atoms. The van der Waals surface area contributed by atoms with Crippen molar-refractivity contribution in [1.29, 1.82) is 0 Å². The number of nitrogens with one attached hydrogen (secondary N) is 1. The fraction of sp³-hybridized carbons (Fsp3) is 0.250. The molecular formula is C12H14FNO2. The SMILES string of the molecule is C/C(=C/C(=O)NCCO)c1ccccc1F. The summed E-state index contributed by atoms with van der Waals surface area (Å²) in [7, 11) is 0. The summed E-state index contributed by atoms with van der Waals surface area (Å²) < 4.78 is 13.3. The van der Waals surface area contributed by atoms with Crippen LogP contribution < -0.4 is 5.32 Å². The molecule has 0 atom stereocenters. The van der Waals surface area contributed by atoms with E-state index in [2.05, 4.69) is 5.32 Å². The van der Waals surface area contributed by atoms with E-state index in [4.69, 9.17) is 5.11 Å². The Morgan fingerprint density at radius 1 is 1.50 bits per heavy atom. The highest BCUT2D eigenvalue weighted by Gasteiger charge is 2.04. The van der Waals surface area contributed by atoms with Gasteiger partial charge in [-0.25, -0.2) is 4.39 Å². The predicted molar refractivity (Wildman–Crippen MR) is 60.1 cm³/mol. The Morgan fingerprint density at radius 3 is 2.81 bits per heavy atom. The lowest BCUT2D eigenvalue weighted by atomic mass is 10.1. The molecule has 3 nitrogen and oxygen atoms in total. The summed E-state index contributed by atoms with van der Waals surface area (Å²) in [6.45, 7) is 1.75. The minimum absolute atomic E-state index is 0.113. The summed E-state index contributed by atoms with van der Waals surface area (Å²) in [6.07, 6.45) is 1.31. The number of carbonyl (C=O) groups is 1. The van der Waals surface area contributed by atoms with Crippen LogP contribution in [0.3, 0.4) is 0 Å². The standard InChI is InChI=1S/C12H14FNO2/c1-9(8-12(16)14-6-7-15)10-4-2-3-5-11(10)13/h2-5,8,15H,6-7H2,1H3,(H,14,16)/b9-8-. The van der Waals surface area contributed by atoms with Crippen LogP contribution in [0.5, 0.6) is 0 Å². The second-order valence-corrected chi connectivity index (χ2v) is 3.32. The lowest BCUT2D eigenvalue weighted by Crippen LogP contribution is -2.24. The maximum absolute atomic E-state index is 13.3. The monoisotopic (exact) mass is 223 g/mol. The zero-order valence-electron chi connectivity index (χ0n) is 9.03. The van der Waals surface area contributed by atoms with Crippen molar-refractivity contribution in [3.8, 4) is 0 Å². The molecule has 0 saturated carbocycles. The van der Waals surface area contributed by atoms with Gasteiger partial charge < -0.3 is 10.4 Å². The third-order valence-electron chi connectivity index (χ3n) is 2.06. The van der Waals surface area contributed by atoms with Crippen molar-refractivity contribution in [2.45, 2.75) is 6.92 Å². The van der Waals surface area contributed by atoms with E-state index in [-0.39, 0.29) is 24.9 Å². The summed E-state index contributed by atoms with van der Waals surface area (Å²) in [5.41, 5.74) is 0.954. The van der Waals surface area contributed by atoms with Gasteiger partial charge in [-0.3, -0.25) is 4.79 Å². The molecule has 0 bridgehead atoms. The third-order valence-corrected chi connectivity index (χ3v) is 2.06. The van der Waals surface area contributed by atoms with Crippen molar-refractivity contribution in [3.05, 3.63) is 41.7 Å². The molecule has 0 aliphatic carbocycles. The number of halogens is 1. The van der Waals surface area contributed by atoms with E-state index in [1.807, 2.05) is 0 Å². The maximum atomic E-state index is 13.3. The molecule has 16 heavy (non-hydrogen) atoms. The lowest BCUT2D eigenvalue weighted by Gasteiger charge is -2.03. The highest BCUT2D eigenvalue weighted by molar-refractivity contribution is 5.94. The Bertz CT molecular complexity index is 402. The molecular weight excluding hydrogens is 209 g/mol. The van der Waals surface area contributed by atoms with Gasteiger partial charge in [-0.1, -0.05) is 18.2 Å². The summed E-state index contributed by atoms with van der Waals surface area (Å²) >= 11 is 0. The zero-order chi connectivity index (χ0) is 12.0. The average molecular weight is 223 g/mol. The molecule has 0 radical (unpaired) electrons. The highest BCUT2D eigenvalue weighted by Crippen LogP contribution is 2.16. The molecule has 1 rings (SSSR count). The van der Waals surface area contributed by atoms with E-state index in [0.29, 0.717) is 11.1 Å². The lowest BCUT2D eigenvalue weighted by molar-refractivity contribution is -0.116. The molecule has 0 unspecified atom stereocenters. The first-order valence-electron chi connectivity index (χ1n) is 4.97. The van der Waals surface area contributed by atoms with Crippen LogP contribution in [0.25, 0.3) is 5.57 Å². The molecule has 1 aromatic rings. The van der Waals surface area contributed by atoms with Crippen LogP contribution >= 0.6 is 0 Å². The van der Waals surface area contributed by atoms with Gasteiger partial charge in [0.2, 0.25) is 5.91 Å². The second kappa shape index (κ2) is 6.02. The van der Waals surface area contributed by atoms with E-state index in [9.17, 15) is 9.18 Å². The molecule has 4 heteroatoms. The topological polar surface area (TPSA) is 49.3 Å². The Labute approximate surface area is 93.6 Å². The maximum Gasteiger partial charge on any atom is 0.244 e. The summed E-state index contributed by atoms with van der Waals surface area (Å²) in [4.78, 5) is 11.3. The highest BCUT2D eigenvalue weighted by atomic mass is 19.1. The normalized spacial score (nSPS) is 11.3. The van der Waals surface area contributed by atoms with Crippen LogP contribution in [-0.4, -0.2) is 24.2 Å². The van der Waals surface area contributed by atoms with Gasteiger partial charge in [0.25, 0.3) is 0 Å². The summed E-state index contributed by atoms with van der Waals surface area (Å²) in [5.74, 6) is -0.694. The first-order chi connectivity index (χ1) is 7.65. The Hall–Kier alpha value is -1.68. The minimum Gasteiger partial charge on any atom is -0.395 e. The van der Waals surface area contributed by atoms with Gasteiger partial charge in [-0.2, -0.15) is 0 Å². The fourth-order valence-corrected chi connectivity index (χ4v) is 1.29. The average Bonchev–Trinajstić information content (AvgIpc) is 2.26. The predicted octanol–water partition coefficient (Wildman–Crippen LogP) is 1.34. The van der Waals surface area contributed by atoms with E-state index >= 15 is 0 Å². The number of hydrogen-bond acceptors (Lipinski definition) is 2. The van der Waals surface area contributed by atoms with Crippen LogP contribution in [0.2, 0.25) is 0 Å². The van der Waals surface area contributed by atoms with Gasteiger partial charge in [0.15, 0.2) is 0 Å². The molecule has 0 aromatic heterocycles. The van der Waals surface area contributed by atoms with Crippen molar-refractivity contribution in [2.75, 3.05) is 13.2 Å². The zero-order valence-corrected chi connectivity index (χ0v) is 9.03. The van der Waals surface area contributed by atoms with Gasteiger partial charge in [-0.05, 0) is 18.6 Å². The third kappa shape index (κ3) is 3.47. The largest absolute Gasteiger partial charge is 0.395 e. The molecule has 0 aliphatic rings. The van der Waals surface area contributed by atoms with Crippen LogP contribution in [0.4, 0.5) is 4.39 Å². The first-order valence-corrected chi connectivity index (χ1v) is 4.97. The number of hydrogen-bond donors (Lipinski definition) is 2. The number of aliphatic hydroxyl groups is 1. The van der Waals surface area contributed by atoms with Crippen molar-refractivity contribution in [3.63, 3.8) is 0 Å². The number of allylic oxidation sites excluding steroid dienone is 1. The van der Waals surface area contributed by atoms with Crippen LogP contribution in [-0.2, 0) is 4.79 Å². The van der Waals surface area contributed by atoms with Crippen molar-refractivity contribution in [1.82, 2.24) is 5.32 Å². The number of benzene rings is 1. The van der Waals surface area contributed by atoms with E-state index < -0.39 is 0 Å². The Morgan fingerprint density at radius 2 is 2.19 bits per heavy atom. The van der Waals surface area contributed by atoms with Crippen LogP contribution in [0.1, 0.15) is 12.5 Å². The van der Waals surface area contributed by atoms with Crippen molar-refractivity contribution in [2.24, 2.45) is 0 Å². The van der Waals surface area contributed by atoms with Gasteiger partial charge in [-0.15, -0.1) is 0 Å². The molecule has 0 fully saturated rings. The van der Waals surface area contributed by atoms with E-state index in [0.717, 1.165) is 0 Å². The summed E-state index contributed by atoms with van der Waals surface area (Å²) in [5, 5.41) is 11.0. The number of aliphatic hydroxyl groups excluding tert-OH is 1.